The van der Waals surface area contributed by atoms with Gasteiger partial charge in [0.15, 0.2) is 4.96 Å². The van der Waals surface area contributed by atoms with Crippen LogP contribution >= 0.6 is 11.3 Å². The van der Waals surface area contributed by atoms with Gasteiger partial charge in [0, 0.05) is 47.3 Å². The van der Waals surface area contributed by atoms with Crippen LogP contribution in [-0.4, -0.2) is 28.4 Å². The monoisotopic (exact) mass is 444 g/mol. The number of nitrogens with zero attached hydrogens (tertiary/aromatic N) is 3. The van der Waals surface area contributed by atoms with Gasteiger partial charge in [-0.05, 0) is 55.5 Å². The fourth-order valence-electron chi connectivity index (χ4n) is 4.28. The molecule has 6 heteroatoms. The zero-order chi connectivity index (χ0) is 21.9. The second kappa shape index (κ2) is 9.17. The van der Waals surface area contributed by atoms with Crippen molar-refractivity contribution in [1.82, 2.24) is 9.38 Å². The highest BCUT2D eigenvalue weighted by Crippen LogP contribution is 2.25. The highest BCUT2D eigenvalue weighted by atomic mass is 32.1. The lowest BCUT2D eigenvalue weighted by Gasteiger charge is -2.28. The number of carbonyl (C=O) groups excluding carboxylic acids is 1. The van der Waals surface area contributed by atoms with Crippen LogP contribution < -0.4 is 10.2 Å². The molecule has 164 valence electrons. The van der Waals surface area contributed by atoms with Gasteiger partial charge in [0.2, 0.25) is 5.91 Å². The summed E-state index contributed by atoms with van der Waals surface area (Å²) >= 11 is 1.57. The first-order valence-electron chi connectivity index (χ1n) is 11.4. The van der Waals surface area contributed by atoms with Gasteiger partial charge in [-0.15, -0.1) is 11.3 Å². The summed E-state index contributed by atoms with van der Waals surface area (Å²) in [7, 11) is 0. The molecule has 32 heavy (non-hydrogen) atoms. The molecule has 3 heterocycles. The quantitative estimate of drug-likeness (QED) is 0.409. The summed E-state index contributed by atoms with van der Waals surface area (Å²) in [4.78, 5) is 20.8. The van der Waals surface area contributed by atoms with Crippen LogP contribution in [0.5, 0.6) is 0 Å². The van der Waals surface area contributed by atoms with Gasteiger partial charge >= 0.3 is 0 Å². The predicted octanol–water partition coefficient (Wildman–Crippen LogP) is 5.80. The summed E-state index contributed by atoms with van der Waals surface area (Å²) in [6.07, 6.45) is 7.21. The van der Waals surface area contributed by atoms with Gasteiger partial charge < -0.3 is 10.2 Å². The summed E-state index contributed by atoms with van der Waals surface area (Å²) in [5.41, 5.74) is 6.38. The normalized spacial score (nSPS) is 14.1. The molecule has 0 aliphatic carbocycles. The van der Waals surface area contributed by atoms with Crippen LogP contribution in [0.25, 0.3) is 16.2 Å². The fourth-order valence-corrected chi connectivity index (χ4v) is 5.16. The Balaban J connectivity index is 1.25. The number of aryl methyl sites for hydroxylation is 1. The number of benzene rings is 2. The van der Waals surface area contributed by atoms with E-state index in [0.717, 1.165) is 47.1 Å². The Kier molecular flexibility index (Phi) is 5.95. The van der Waals surface area contributed by atoms with E-state index in [0.29, 0.717) is 6.42 Å². The highest BCUT2D eigenvalue weighted by molar-refractivity contribution is 7.15. The molecule has 5 rings (SSSR count). The summed E-state index contributed by atoms with van der Waals surface area (Å²) in [6.45, 7) is 4.40. The molecule has 2 aromatic heterocycles. The van der Waals surface area contributed by atoms with Crippen molar-refractivity contribution in [2.24, 2.45) is 0 Å². The van der Waals surface area contributed by atoms with Crippen molar-refractivity contribution < 1.29 is 4.79 Å². The van der Waals surface area contributed by atoms with Gasteiger partial charge in [0.05, 0.1) is 12.1 Å². The first-order chi connectivity index (χ1) is 15.7. The molecule has 0 spiro atoms. The van der Waals surface area contributed by atoms with E-state index in [2.05, 4.69) is 53.5 Å². The second-order valence-corrected chi connectivity index (χ2v) is 9.21. The van der Waals surface area contributed by atoms with Gasteiger partial charge in [-0.1, -0.05) is 31.2 Å². The van der Waals surface area contributed by atoms with Crippen molar-refractivity contribution in [2.45, 2.75) is 39.0 Å². The number of anilines is 2. The van der Waals surface area contributed by atoms with E-state index in [1.165, 1.54) is 30.5 Å². The first-order valence-corrected chi connectivity index (χ1v) is 12.3. The number of hydrogen-bond donors (Lipinski definition) is 1. The fraction of sp³-hybridized carbons (Fsp3) is 0.308. The van der Waals surface area contributed by atoms with Gasteiger partial charge in [-0.25, -0.2) is 4.98 Å². The van der Waals surface area contributed by atoms with Crippen molar-refractivity contribution in [3.63, 3.8) is 0 Å². The largest absolute Gasteiger partial charge is 0.372 e. The molecule has 2 aromatic carbocycles. The zero-order valence-corrected chi connectivity index (χ0v) is 19.2. The minimum Gasteiger partial charge on any atom is -0.372 e. The number of carbonyl (C=O) groups is 1. The van der Waals surface area contributed by atoms with Crippen LogP contribution in [0, 0.1) is 0 Å². The lowest BCUT2D eigenvalue weighted by atomic mass is 10.1. The molecular weight excluding hydrogens is 416 g/mol. The molecule has 1 N–H and O–H groups in total. The van der Waals surface area contributed by atoms with E-state index in [4.69, 9.17) is 4.98 Å². The Hall–Kier alpha value is -3.12. The third-order valence-electron chi connectivity index (χ3n) is 6.16. The van der Waals surface area contributed by atoms with E-state index in [9.17, 15) is 4.79 Å². The number of amides is 1. The minimum atomic E-state index is -0.0158. The molecule has 4 aromatic rings. The summed E-state index contributed by atoms with van der Waals surface area (Å²) < 4.78 is 2.03. The number of hydrogen-bond acceptors (Lipinski definition) is 4. The molecule has 1 fully saturated rings. The number of fused-ring (bicyclic) bond motifs is 1. The lowest BCUT2D eigenvalue weighted by Crippen LogP contribution is -2.29. The molecule has 1 amide bonds. The number of nitrogens with one attached hydrogen (secondary N) is 1. The van der Waals surface area contributed by atoms with Crippen LogP contribution in [0.3, 0.4) is 0 Å². The van der Waals surface area contributed by atoms with Crippen molar-refractivity contribution in [3.8, 4) is 11.3 Å². The van der Waals surface area contributed by atoms with E-state index < -0.39 is 0 Å². The van der Waals surface area contributed by atoms with Crippen molar-refractivity contribution in [1.29, 1.82) is 0 Å². The molecule has 1 saturated heterocycles. The number of rotatable bonds is 6. The van der Waals surface area contributed by atoms with Crippen molar-refractivity contribution in [3.05, 3.63) is 71.4 Å². The van der Waals surface area contributed by atoms with E-state index in [1.807, 2.05) is 28.1 Å². The van der Waals surface area contributed by atoms with E-state index >= 15 is 0 Å². The number of thiazole rings is 1. The molecule has 0 radical (unpaired) electrons. The molecule has 1 aliphatic heterocycles. The zero-order valence-electron chi connectivity index (χ0n) is 18.4. The number of piperidine rings is 1. The van der Waals surface area contributed by atoms with Crippen molar-refractivity contribution in [2.75, 3.05) is 23.3 Å². The molecular formula is C26H28N4OS. The topological polar surface area (TPSA) is 49.6 Å². The van der Waals surface area contributed by atoms with Crippen LogP contribution in [-0.2, 0) is 17.6 Å². The van der Waals surface area contributed by atoms with Crippen LogP contribution in [0.2, 0.25) is 0 Å². The maximum absolute atomic E-state index is 12.7. The molecule has 0 unspecified atom stereocenters. The van der Waals surface area contributed by atoms with E-state index in [1.54, 1.807) is 11.3 Å². The Morgan fingerprint density at radius 3 is 2.50 bits per heavy atom. The Morgan fingerprint density at radius 2 is 1.78 bits per heavy atom. The van der Waals surface area contributed by atoms with Crippen molar-refractivity contribution >= 4 is 33.6 Å². The molecule has 0 saturated carbocycles. The van der Waals surface area contributed by atoms with E-state index in [-0.39, 0.29) is 5.91 Å². The average Bonchev–Trinajstić information content (AvgIpc) is 3.42. The maximum Gasteiger partial charge on any atom is 0.230 e. The number of imidazole rings is 1. The highest BCUT2D eigenvalue weighted by Gasteiger charge is 2.14. The summed E-state index contributed by atoms with van der Waals surface area (Å²) in [5, 5.41) is 5.06. The lowest BCUT2D eigenvalue weighted by molar-refractivity contribution is -0.115. The smallest absolute Gasteiger partial charge is 0.230 e. The predicted molar refractivity (Wildman–Crippen MR) is 133 cm³/mol. The van der Waals surface area contributed by atoms with Crippen LogP contribution in [0.15, 0.2) is 60.1 Å². The molecule has 0 atom stereocenters. The first kappa shape index (κ1) is 20.8. The van der Waals surface area contributed by atoms with Gasteiger partial charge in [-0.3, -0.25) is 9.20 Å². The average molecular weight is 445 g/mol. The Labute approximate surface area is 192 Å². The van der Waals surface area contributed by atoms with Gasteiger partial charge in [0.1, 0.15) is 0 Å². The molecule has 0 bridgehead atoms. The summed E-state index contributed by atoms with van der Waals surface area (Å²) in [6, 6.07) is 16.7. The molecule has 1 aliphatic rings. The number of aromatic nitrogens is 2. The van der Waals surface area contributed by atoms with Crippen LogP contribution in [0.4, 0.5) is 11.4 Å². The standard InChI is InChI=1S/C26H28N4OS/c1-2-19-6-8-20(9-7-19)24-17-30-23(18-32-26(30)28-24)16-25(31)27-21-10-12-22(13-11-21)29-14-4-3-5-15-29/h6-13,17-18H,2-5,14-16H2,1H3,(H,27,31). The third kappa shape index (κ3) is 4.41. The second-order valence-electron chi connectivity index (χ2n) is 8.38. The third-order valence-corrected chi connectivity index (χ3v) is 7.04. The Morgan fingerprint density at radius 1 is 1.03 bits per heavy atom. The minimum absolute atomic E-state index is 0.0158. The van der Waals surface area contributed by atoms with Gasteiger partial charge in [0.25, 0.3) is 0 Å². The SMILES string of the molecule is CCc1ccc(-c2cn3c(CC(=O)Nc4ccc(N5CCCCC5)cc4)csc3n2)cc1. The maximum atomic E-state index is 12.7. The van der Waals surface area contributed by atoms with Gasteiger partial charge in [-0.2, -0.15) is 0 Å². The van der Waals surface area contributed by atoms with Crippen LogP contribution in [0.1, 0.15) is 37.4 Å². The summed E-state index contributed by atoms with van der Waals surface area (Å²) in [5.74, 6) is -0.0158. The molecule has 5 nitrogen and oxygen atoms in total. The Bertz CT molecular complexity index is 1200.